The Bertz CT molecular complexity index is 1810. The smallest absolute Gasteiger partial charge is 0.353 e. The van der Waals surface area contributed by atoms with Crippen LogP contribution in [0.3, 0.4) is 0 Å². The second-order valence-electron chi connectivity index (χ2n) is 10.3. The van der Waals surface area contributed by atoms with Crippen molar-refractivity contribution < 1.29 is 24.6 Å². The summed E-state index contributed by atoms with van der Waals surface area (Å²) in [4.78, 5) is 21.0. The lowest BCUT2D eigenvalue weighted by Gasteiger charge is -2.19. The summed E-state index contributed by atoms with van der Waals surface area (Å²) in [6, 6.07) is 38.7. The molecule has 0 saturated carbocycles. The number of carboxylic acids is 1. The number of oxime groups is 1. The van der Waals surface area contributed by atoms with Crippen LogP contribution < -0.4 is 9.47 Å². The molecule has 0 unspecified atom stereocenters. The van der Waals surface area contributed by atoms with Crippen molar-refractivity contribution in [2.45, 2.75) is 25.6 Å². The van der Waals surface area contributed by atoms with Crippen LogP contribution in [-0.2, 0) is 18.0 Å². The highest BCUT2D eigenvalue weighted by atomic mass is 16.5. The minimum atomic E-state index is -1.27. The lowest BCUT2D eigenvalue weighted by molar-refractivity contribution is -0.129. The number of para-hydroxylation sites is 2. The number of hydrogen-bond acceptors (Lipinski definition) is 7. The Morgan fingerprint density at radius 2 is 1.09 bits per heavy atom. The Kier molecular flexibility index (Phi) is 8.41. The van der Waals surface area contributed by atoms with Crippen LogP contribution in [0.4, 0.5) is 0 Å². The number of aliphatic carboxylic acids is 1. The Morgan fingerprint density at radius 1 is 0.636 bits per heavy atom. The van der Waals surface area contributed by atoms with Gasteiger partial charge in [-0.25, -0.2) is 14.8 Å². The van der Waals surface area contributed by atoms with Gasteiger partial charge < -0.3 is 19.8 Å². The van der Waals surface area contributed by atoms with Crippen molar-refractivity contribution in [1.82, 2.24) is 9.97 Å². The van der Waals surface area contributed by atoms with E-state index in [0.29, 0.717) is 24.7 Å². The first-order valence-electron chi connectivity index (χ1n) is 14.1. The number of ether oxygens (including phenoxy) is 2. The first kappa shape index (κ1) is 28.4. The summed E-state index contributed by atoms with van der Waals surface area (Å²) in [6.07, 6.45) is -0.00569. The maximum Gasteiger partial charge on any atom is 0.353 e. The van der Waals surface area contributed by atoms with E-state index in [1.54, 1.807) is 0 Å². The third kappa shape index (κ3) is 6.65. The molecule has 8 nitrogen and oxygen atoms in total. The van der Waals surface area contributed by atoms with E-state index in [4.69, 9.17) is 9.47 Å². The second-order valence-corrected chi connectivity index (χ2v) is 10.3. The molecule has 0 radical (unpaired) electrons. The van der Waals surface area contributed by atoms with Gasteiger partial charge in [-0.05, 0) is 59.7 Å². The minimum Gasteiger partial charge on any atom is -0.487 e. The van der Waals surface area contributed by atoms with Gasteiger partial charge >= 0.3 is 5.97 Å². The Labute approximate surface area is 253 Å². The lowest BCUT2D eigenvalue weighted by Crippen LogP contribution is -2.17. The van der Waals surface area contributed by atoms with Gasteiger partial charge in [0.1, 0.15) is 24.7 Å². The van der Waals surface area contributed by atoms with Gasteiger partial charge in [0.2, 0.25) is 0 Å². The van der Waals surface area contributed by atoms with Crippen molar-refractivity contribution in [3.05, 3.63) is 144 Å². The van der Waals surface area contributed by atoms with Gasteiger partial charge in [0.15, 0.2) is 5.71 Å². The summed E-state index contributed by atoms with van der Waals surface area (Å²) >= 11 is 0. The van der Waals surface area contributed by atoms with Crippen molar-refractivity contribution in [1.29, 1.82) is 0 Å². The molecule has 0 spiro atoms. The van der Waals surface area contributed by atoms with Crippen LogP contribution in [-0.4, -0.2) is 32.0 Å². The molecule has 0 saturated heterocycles. The topological polar surface area (TPSA) is 114 Å². The average molecular weight is 584 g/mol. The first-order valence-corrected chi connectivity index (χ1v) is 14.1. The van der Waals surface area contributed by atoms with E-state index in [2.05, 4.69) is 15.1 Å². The fraction of sp³-hybridized carbons (Fsp3) is 0.111. The molecule has 4 aromatic carbocycles. The SMILES string of the molecule is O=C(O)/C(CC(c1ccc(OCc2ccc3ccccc3n2)cc1)c1ccc(OCc2ccc3ccccc3n2)cc1)=N\O. The van der Waals surface area contributed by atoms with Crippen LogP contribution in [0, 0.1) is 0 Å². The van der Waals surface area contributed by atoms with Crippen molar-refractivity contribution >= 4 is 33.5 Å². The molecule has 0 aliphatic heterocycles. The Morgan fingerprint density at radius 3 is 1.52 bits per heavy atom. The van der Waals surface area contributed by atoms with E-state index >= 15 is 0 Å². The summed E-state index contributed by atoms with van der Waals surface area (Å²) in [7, 11) is 0. The quantitative estimate of drug-likeness (QED) is 0.0929. The van der Waals surface area contributed by atoms with Gasteiger partial charge in [-0.15, -0.1) is 0 Å². The maximum absolute atomic E-state index is 11.7. The number of carboxylic acid groups (broad SMARTS) is 1. The zero-order valence-electron chi connectivity index (χ0n) is 23.7. The molecule has 0 amide bonds. The largest absolute Gasteiger partial charge is 0.487 e. The second kappa shape index (κ2) is 13.0. The number of carbonyl (C=O) groups is 1. The van der Waals surface area contributed by atoms with Crippen LogP contribution in [0.2, 0.25) is 0 Å². The van der Waals surface area contributed by atoms with Crippen LogP contribution in [0.25, 0.3) is 21.8 Å². The molecule has 0 atom stereocenters. The highest BCUT2D eigenvalue weighted by molar-refractivity contribution is 6.35. The predicted molar refractivity (Wildman–Crippen MR) is 168 cm³/mol. The molecule has 8 heteroatoms. The van der Waals surface area contributed by atoms with Crippen LogP contribution in [0.1, 0.15) is 34.9 Å². The molecule has 2 N–H and O–H groups in total. The average Bonchev–Trinajstić information content (AvgIpc) is 3.07. The van der Waals surface area contributed by atoms with Gasteiger partial charge in [-0.1, -0.05) is 78.0 Å². The molecule has 6 rings (SSSR count). The van der Waals surface area contributed by atoms with E-state index in [1.807, 2.05) is 121 Å². The number of benzene rings is 4. The van der Waals surface area contributed by atoms with E-state index in [-0.39, 0.29) is 18.1 Å². The maximum atomic E-state index is 11.7. The summed E-state index contributed by atoms with van der Waals surface area (Å²) in [6.45, 7) is 0.619. The zero-order chi connectivity index (χ0) is 30.3. The number of rotatable bonds is 11. The van der Waals surface area contributed by atoms with E-state index in [0.717, 1.165) is 44.3 Å². The molecule has 2 aromatic heterocycles. The molecular formula is C36H29N3O5. The molecule has 218 valence electrons. The third-order valence-corrected chi connectivity index (χ3v) is 7.42. The molecule has 0 aliphatic carbocycles. The van der Waals surface area contributed by atoms with Gasteiger partial charge in [0.05, 0.1) is 22.4 Å². The van der Waals surface area contributed by atoms with Gasteiger partial charge in [0, 0.05) is 23.1 Å². The standard InChI is InChI=1S/C36H29N3O5/c40-36(41)35(39-42)21-32(24-11-17-30(18-12-24)43-22-28-15-9-26-5-1-3-7-33(26)37-28)25-13-19-31(20-14-25)44-23-29-16-10-27-6-2-4-8-34(27)38-29/h1-20,32,42H,21-23H2,(H,40,41)/b39-35-. The molecule has 0 aliphatic rings. The van der Waals surface area contributed by atoms with Gasteiger partial charge in [-0.3, -0.25) is 0 Å². The number of fused-ring (bicyclic) bond motifs is 2. The van der Waals surface area contributed by atoms with Crippen molar-refractivity contribution in [2.24, 2.45) is 5.16 Å². The molecule has 0 fully saturated rings. The van der Waals surface area contributed by atoms with E-state index < -0.39 is 5.97 Å². The van der Waals surface area contributed by atoms with E-state index in [9.17, 15) is 15.1 Å². The minimum absolute atomic E-state index is 0.00569. The molecule has 2 heterocycles. The van der Waals surface area contributed by atoms with Crippen molar-refractivity contribution in [3.8, 4) is 11.5 Å². The summed E-state index contributed by atoms with van der Waals surface area (Å²) in [5, 5.41) is 24.1. The fourth-order valence-electron chi connectivity index (χ4n) is 5.08. The third-order valence-electron chi connectivity index (χ3n) is 7.42. The number of pyridine rings is 2. The molecular weight excluding hydrogens is 554 g/mol. The highest BCUT2D eigenvalue weighted by Gasteiger charge is 2.22. The lowest BCUT2D eigenvalue weighted by atomic mass is 9.87. The monoisotopic (exact) mass is 583 g/mol. The number of nitrogens with zero attached hydrogens (tertiary/aromatic N) is 3. The Balaban J connectivity index is 1.16. The summed E-state index contributed by atoms with van der Waals surface area (Å²) < 4.78 is 12.0. The van der Waals surface area contributed by atoms with Crippen LogP contribution in [0.15, 0.2) is 126 Å². The highest BCUT2D eigenvalue weighted by Crippen LogP contribution is 2.31. The van der Waals surface area contributed by atoms with Crippen molar-refractivity contribution in [2.75, 3.05) is 0 Å². The van der Waals surface area contributed by atoms with Crippen LogP contribution in [0.5, 0.6) is 11.5 Å². The fourth-order valence-corrected chi connectivity index (χ4v) is 5.08. The molecule has 44 heavy (non-hydrogen) atoms. The van der Waals surface area contributed by atoms with E-state index in [1.165, 1.54) is 0 Å². The summed E-state index contributed by atoms with van der Waals surface area (Å²) in [5.74, 6) is -0.349. The summed E-state index contributed by atoms with van der Waals surface area (Å²) in [5.41, 5.74) is 4.81. The zero-order valence-corrected chi connectivity index (χ0v) is 23.7. The molecule has 6 aromatic rings. The predicted octanol–water partition coefficient (Wildman–Crippen LogP) is 7.38. The molecule has 0 bridgehead atoms. The number of aromatic nitrogens is 2. The Hall–Kier alpha value is -5.76. The van der Waals surface area contributed by atoms with Crippen LogP contribution >= 0.6 is 0 Å². The normalized spacial score (nSPS) is 11.6. The van der Waals surface area contributed by atoms with Crippen molar-refractivity contribution in [3.63, 3.8) is 0 Å². The van der Waals surface area contributed by atoms with Gasteiger partial charge in [0.25, 0.3) is 0 Å². The first-order chi connectivity index (χ1) is 21.6. The number of hydrogen-bond donors (Lipinski definition) is 2. The van der Waals surface area contributed by atoms with Gasteiger partial charge in [-0.2, -0.15) is 0 Å².